The summed E-state index contributed by atoms with van der Waals surface area (Å²) in [5.74, 6) is 1.32. The van der Waals surface area contributed by atoms with Crippen LogP contribution < -0.4 is 10.1 Å². The third-order valence-corrected chi connectivity index (χ3v) is 9.21. The molecule has 182 valence electrons. The minimum atomic E-state index is -3.51. The van der Waals surface area contributed by atoms with Gasteiger partial charge in [-0.2, -0.15) is 4.31 Å². The molecule has 0 fully saturated rings. The second kappa shape index (κ2) is 9.88. The van der Waals surface area contributed by atoms with E-state index in [-0.39, 0.29) is 17.9 Å². The van der Waals surface area contributed by atoms with Crippen molar-refractivity contribution in [2.24, 2.45) is 5.92 Å². The van der Waals surface area contributed by atoms with Crippen LogP contribution >= 0.6 is 0 Å². The number of allylic oxidation sites excluding steroid dienone is 2. The van der Waals surface area contributed by atoms with Crippen molar-refractivity contribution >= 4 is 15.7 Å². The van der Waals surface area contributed by atoms with Gasteiger partial charge in [0.1, 0.15) is 12.4 Å². The normalized spacial score (nSPS) is 20.8. The zero-order valence-electron chi connectivity index (χ0n) is 20.2. The van der Waals surface area contributed by atoms with Gasteiger partial charge in [-0.1, -0.05) is 74.5 Å². The summed E-state index contributed by atoms with van der Waals surface area (Å²) in [5, 5.41) is 3.73. The lowest BCUT2D eigenvalue weighted by molar-refractivity contribution is 0.296. The first-order chi connectivity index (χ1) is 17.0. The molecular weight excluding hydrogens is 456 g/mol. The maximum Gasteiger partial charge on any atom is 0.243 e. The molecule has 2 aliphatic rings. The zero-order chi connectivity index (χ0) is 24.4. The molecule has 0 bridgehead atoms. The van der Waals surface area contributed by atoms with E-state index in [4.69, 9.17) is 4.74 Å². The molecular formula is C29H32N2O3S. The van der Waals surface area contributed by atoms with E-state index in [0.717, 1.165) is 34.5 Å². The third-order valence-electron chi connectivity index (χ3n) is 7.17. The van der Waals surface area contributed by atoms with Gasteiger partial charge >= 0.3 is 0 Å². The van der Waals surface area contributed by atoms with Crippen LogP contribution in [0.2, 0.25) is 0 Å². The molecule has 1 heterocycles. The van der Waals surface area contributed by atoms with Crippen LogP contribution in [0.25, 0.3) is 0 Å². The first-order valence-corrected chi connectivity index (χ1v) is 13.8. The van der Waals surface area contributed by atoms with Crippen LogP contribution in [0.15, 0.2) is 89.8 Å². The van der Waals surface area contributed by atoms with Crippen molar-refractivity contribution < 1.29 is 13.2 Å². The minimum absolute atomic E-state index is 0.0692. The molecule has 35 heavy (non-hydrogen) atoms. The molecule has 0 aromatic heterocycles. The molecule has 5 nitrogen and oxygen atoms in total. The smallest absolute Gasteiger partial charge is 0.243 e. The molecule has 3 unspecified atom stereocenters. The van der Waals surface area contributed by atoms with Crippen molar-refractivity contribution in [1.29, 1.82) is 0 Å². The molecule has 0 amide bonds. The molecule has 0 radical (unpaired) electrons. The number of sulfonamides is 1. The van der Waals surface area contributed by atoms with Gasteiger partial charge in [0.25, 0.3) is 0 Å². The SMILES string of the molecule is CCN(CC)S(=O)(=O)c1ccc2c(c1)C1C=CCC1C(c1ccccc1OCc1ccccc1)N2. The summed E-state index contributed by atoms with van der Waals surface area (Å²) in [4.78, 5) is 0.367. The van der Waals surface area contributed by atoms with E-state index in [1.807, 2.05) is 56.3 Å². The third kappa shape index (κ3) is 4.48. The van der Waals surface area contributed by atoms with Crippen LogP contribution in [-0.4, -0.2) is 25.8 Å². The maximum absolute atomic E-state index is 13.2. The number of ether oxygens (including phenoxy) is 1. The fraction of sp³-hybridized carbons (Fsp3) is 0.310. The van der Waals surface area contributed by atoms with Crippen molar-refractivity contribution in [3.8, 4) is 5.75 Å². The summed E-state index contributed by atoms with van der Waals surface area (Å²) >= 11 is 0. The summed E-state index contributed by atoms with van der Waals surface area (Å²) in [6.45, 7) is 5.18. The van der Waals surface area contributed by atoms with Crippen LogP contribution in [0.5, 0.6) is 5.75 Å². The zero-order valence-corrected chi connectivity index (χ0v) is 21.0. The molecule has 3 aromatic rings. The van der Waals surface area contributed by atoms with E-state index < -0.39 is 10.0 Å². The summed E-state index contributed by atoms with van der Waals surface area (Å²) in [6.07, 6.45) is 5.39. The van der Waals surface area contributed by atoms with Crippen molar-refractivity contribution in [2.45, 2.75) is 43.7 Å². The van der Waals surface area contributed by atoms with Crippen molar-refractivity contribution in [1.82, 2.24) is 4.31 Å². The summed E-state index contributed by atoms with van der Waals surface area (Å²) in [6, 6.07) is 24.0. The minimum Gasteiger partial charge on any atom is -0.489 e. The molecule has 0 saturated heterocycles. The van der Waals surface area contributed by atoms with Gasteiger partial charge in [0, 0.05) is 30.3 Å². The Labute approximate surface area is 208 Å². The fourth-order valence-corrected chi connectivity index (χ4v) is 6.85. The van der Waals surface area contributed by atoms with E-state index in [1.165, 1.54) is 4.31 Å². The monoisotopic (exact) mass is 488 g/mol. The van der Waals surface area contributed by atoms with Crippen LogP contribution in [0.3, 0.4) is 0 Å². The van der Waals surface area contributed by atoms with Gasteiger partial charge in [-0.3, -0.25) is 0 Å². The first kappa shape index (κ1) is 23.6. The molecule has 6 heteroatoms. The van der Waals surface area contributed by atoms with Gasteiger partial charge in [0.05, 0.1) is 10.9 Å². The Morgan fingerprint density at radius 3 is 2.46 bits per heavy atom. The molecule has 0 spiro atoms. The van der Waals surface area contributed by atoms with Gasteiger partial charge in [-0.25, -0.2) is 8.42 Å². The van der Waals surface area contributed by atoms with E-state index in [1.54, 1.807) is 6.07 Å². The number of nitrogens with zero attached hydrogens (tertiary/aromatic N) is 1. The maximum atomic E-state index is 13.2. The lowest BCUT2D eigenvalue weighted by Crippen LogP contribution is -2.32. The number of benzene rings is 3. The fourth-order valence-electron chi connectivity index (χ4n) is 5.36. The Bertz CT molecular complexity index is 1320. The predicted molar refractivity (Wildman–Crippen MR) is 140 cm³/mol. The summed E-state index contributed by atoms with van der Waals surface area (Å²) in [5.41, 5.74) is 4.30. The Balaban J connectivity index is 1.47. The standard InChI is InChI=1S/C29H32N2O3S/c1-3-31(4-2)35(32,33)22-17-18-27-26(19-22)23-14-10-15-24(23)29(30-27)25-13-8-9-16-28(25)34-20-21-11-6-5-7-12-21/h5-14,16-19,23-24,29-30H,3-4,15,20H2,1-2H3. The topological polar surface area (TPSA) is 58.6 Å². The Morgan fingerprint density at radius 1 is 0.943 bits per heavy atom. The number of hydrogen-bond donors (Lipinski definition) is 1. The van der Waals surface area contributed by atoms with Crippen LogP contribution in [-0.2, 0) is 16.6 Å². The van der Waals surface area contributed by atoms with Crippen molar-refractivity contribution in [3.05, 3.63) is 102 Å². The lowest BCUT2D eigenvalue weighted by Gasteiger charge is -2.38. The van der Waals surface area contributed by atoms with E-state index >= 15 is 0 Å². The average Bonchev–Trinajstić information content (AvgIpc) is 3.38. The molecule has 1 N–H and O–H groups in total. The lowest BCUT2D eigenvalue weighted by atomic mass is 9.77. The van der Waals surface area contributed by atoms with Crippen molar-refractivity contribution in [2.75, 3.05) is 18.4 Å². The number of nitrogens with one attached hydrogen (secondary N) is 1. The molecule has 5 rings (SSSR count). The molecule has 1 aliphatic heterocycles. The highest BCUT2D eigenvalue weighted by molar-refractivity contribution is 7.89. The highest BCUT2D eigenvalue weighted by Crippen LogP contribution is 2.51. The predicted octanol–water partition coefficient (Wildman–Crippen LogP) is 6.12. The van der Waals surface area contributed by atoms with Crippen molar-refractivity contribution in [3.63, 3.8) is 0 Å². The number of rotatable bonds is 8. The second-order valence-electron chi connectivity index (χ2n) is 9.13. The average molecular weight is 489 g/mol. The van der Waals surface area contributed by atoms with E-state index in [0.29, 0.717) is 24.6 Å². The largest absolute Gasteiger partial charge is 0.489 e. The second-order valence-corrected chi connectivity index (χ2v) is 11.1. The molecule has 0 saturated carbocycles. The Morgan fingerprint density at radius 2 is 1.69 bits per heavy atom. The van der Waals surface area contributed by atoms with Crippen LogP contribution in [0, 0.1) is 5.92 Å². The van der Waals surface area contributed by atoms with E-state index in [2.05, 4.69) is 41.7 Å². The highest BCUT2D eigenvalue weighted by Gasteiger charge is 2.39. The Hall–Kier alpha value is -3.09. The molecule has 3 aromatic carbocycles. The van der Waals surface area contributed by atoms with Crippen LogP contribution in [0.1, 0.15) is 48.9 Å². The Kier molecular flexibility index (Phi) is 6.67. The number of anilines is 1. The number of hydrogen-bond acceptors (Lipinski definition) is 4. The summed E-state index contributed by atoms with van der Waals surface area (Å²) in [7, 11) is -3.51. The van der Waals surface area contributed by atoms with Gasteiger partial charge in [-0.05, 0) is 47.7 Å². The first-order valence-electron chi connectivity index (χ1n) is 12.4. The highest BCUT2D eigenvalue weighted by atomic mass is 32.2. The quantitative estimate of drug-likeness (QED) is 0.388. The van der Waals surface area contributed by atoms with Gasteiger partial charge in [0.15, 0.2) is 0 Å². The van der Waals surface area contributed by atoms with Crippen LogP contribution in [0.4, 0.5) is 5.69 Å². The molecule has 1 aliphatic carbocycles. The number of para-hydroxylation sites is 1. The van der Waals surface area contributed by atoms with Gasteiger partial charge in [-0.15, -0.1) is 0 Å². The van der Waals surface area contributed by atoms with E-state index in [9.17, 15) is 8.42 Å². The summed E-state index contributed by atoms with van der Waals surface area (Å²) < 4.78 is 34.1. The number of fused-ring (bicyclic) bond motifs is 3. The van der Waals surface area contributed by atoms with Gasteiger partial charge in [0.2, 0.25) is 10.0 Å². The van der Waals surface area contributed by atoms with Gasteiger partial charge < -0.3 is 10.1 Å². The molecule has 3 atom stereocenters.